The highest BCUT2D eigenvalue weighted by Crippen LogP contribution is 2.27. The highest BCUT2D eigenvalue weighted by atomic mass is 16.5. The number of carbonyl (C=O) groups is 1. The van der Waals surface area contributed by atoms with E-state index in [1.54, 1.807) is 19.2 Å². The summed E-state index contributed by atoms with van der Waals surface area (Å²) < 4.78 is 11.0. The van der Waals surface area contributed by atoms with Gasteiger partial charge in [-0.05, 0) is 37.0 Å². The Morgan fingerprint density at radius 3 is 3.19 bits per heavy atom. The van der Waals surface area contributed by atoms with Crippen LogP contribution in [-0.4, -0.2) is 42.9 Å². The van der Waals surface area contributed by atoms with E-state index in [0.29, 0.717) is 23.0 Å². The van der Waals surface area contributed by atoms with Crippen molar-refractivity contribution in [2.24, 2.45) is 5.92 Å². The number of hydrogen-bond donors (Lipinski definition) is 1. The molecule has 6 nitrogen and oxygen atoms in total. The van der Waals surface area contributed by atoms with E-state index in [0.717, 1.165) is 32.5 Å². The monoisotopic (exact) mass is 290 g/mol. The SMILES string of the molecule is COCC1CCCN(c2nc3ccc(C(=O)O)cc3o2)C1. The lowest BCUT2D eigenvalue weighted by Crippen LogP contribution is -2.37. The van der Waals surface area contributed by atoms with E-state index in [2.05, 4.69) is 9.88 Å². The Balaban J connectivity index is 1.85. The van der Waals surface area contributed by atoms with E-state index in [9.17, 15) is 4.79 Å². The van der Waals surface area contributed by atoms with E-state index in [1.807, 2.05) is 0 Å². The lowest BCUT2D eigenvalue weighted by Gasteiger charge is -2.31. The number of fused-ring (bicyclic) bond motifs is 1. The summed E-state index contributed by atoms with van der Waals surface area (Å²) in [6.45, 7) is 2.49. The molecule has 1 fully saturated rings. The molecule has 3 rings (SSSR count). The number of piperidine rings is 1. The Morgan fingerprint density at radius 2 is 2.43 bits per heavy atom. The normalized spacial score (nSPS) is 19.1. The molecule has 1 saturated heterocycles. The molecule has 1 aromatic heterocycles. The number of ether oxygens (including phenoxy) is 1. The number of oxazole rings is 1. The summed E-state index contributed by atoms with van der Waals surface area (Å²) in [5.74, 6) is -0.485. The van der Waals surface area contributed by atoms with E-state index in [-0.39, 0.29) is 5.56 Å². The summed E-state index contributed by atoms with van der Waals surface area (Å²) in [4.78, 5) is 17.5. The first-order valence-corrected chi connectivity index (χ1v) is 7.05. The van der Waals surface area contributed by atoms with Gasteiger partial charge in [0.1, 0.15) is 5.52 Å². The molecule has 1 unspecified atom stereocenters. The van der Waals surface area contributed by atoms with Crippen molar-refractivity contribution in [3.05, 3.63) is 23.8 Å². The van der Waals surface area contributed by atoms with Crippen LogP contribution in [0.4, 0.5) is 6.01 Å². The molecule has 0 spiro atoms. The van der Waals surface area contributed by atoms with Crippen LogP contribution in [0.2, 0.25) is 0 Å². The third-order valence-corrected chi connectivity index (χ3v) is 3.82. The van der Waals surface area contributed by atoms with Crippen LogP contribution in [0.5, 0.6) is 0 Å². The number of benzene rings is 1. The minimum Gasteiger partial charge on any atom is -0.478 e. The van der Waals surface area contributed by atoms with Crippen molar-refractivity contribution >= 4 is 23.1 Å². The van der Waals surface area contributed by atoms with Crippen LogP contribution in [0.25, 0.3) is 11.1 Å². The van der Waals surface area contributed by atoms with Crippen LogP contribution < -0.4 is 4.90 Å². The van der Waals surface area contributed by atoms with Crippen LogP contribution in [-0.2, 0) is 4.74 Å². The number of aromatic nitrogens is 1. The second-order valence-electron chi connectivity index (χ2n) is 5.39. The maximum Gasteiger partial charge on any atom is 0.335 e. The molecule has 21 heavy (non-hydrogen) atoms. The van der Waals surface area contributed by atoms with Gasteiger partial charge in [-0.2, -0.15) is 4.98 Å². The second kappa shape index (κ2) is 5.73. The summed E-state index contributed by atoms with van der Waals surface area (Å²) in [6.07, 6.45) is 2.22. The standard InChI is InChI=1S/C15H18N2O4/c1-20-9-10-3-2-6-17(8-10)15-16-12-5-4-11(14(18)19)7-13(12)21-15/h4-5,7,10H,2-3,6,8-9H2,1H3,(H,18,19). The van der Waals surface area contributed by atoms with Gasteiger partial charge in [0, 0.05) is 20.2 Å². The number of carboxylic acid groups (broad SMARTS) is 1. The number of hydrogen-bond acceptors (Lipinski definition) is 5. The first-order chi connectivity index (χ1) is 10.2. The minimum absolute atomic E-state index is 0.209. The molecule has 6 heteroatoms. The molecule has 0 bridgehead atoms. The third kappa shape index (κ3) is 2.85. The maximum absolute atomic E-state index is 11.0. The van der Waals surface area contributed by atoms with E-state index < -0.39 is 5.97 Å². The molecule has 0 amide bonds. The van der Waals surface area contributed by atoms with Gasteiger partial charge in [-0.1, -0.05) is 0 Å². The summed E-state index contributed by atoms with van der Waals surface area (Å²) in [6, 6.07) is 5.31. The van der Waals surface area contributed by atoms with Crippen LogP contribution in [0.3, 0.4) is 0 Å². The molecule has 1 aliphatic heterocycles. The highest BCUT2D eigenvalue weighted by Gasteiger charge is 2.23. The summed E-state index contributed by atoms with van der Waals surface area (Å²) >= 11 is 0. The number of aromatic carboxylic acids is 1. The molecular formula is C15H18N2O4. The Bertz CT molecular complexity index is 650. The van der Waals surface area contributed by atoms with Gasteiger partial charge >= 0.3 is 5.97 Å². The summed E-state index contributed by atoms with van der Waals surface area (Å²) in [5, 5.41) is 9.01. The molecule has 0 aliphatic carbocycles. The zero-order chi connectivity index (χ0) is 14.8. The van der Waals surface area contributed by atoms with Gasteiger partial charge in [0.15, 0.2) is 5.58 Å². The highest BCUT2D eigenvalue weighted by molar-refractivity contribution is 5.92. The van der Waals surface area contributed by atoms with Crippen molar-refractivity contribution in [1.82, 2.24) is 4.98 Å². The largest absolute Gasteiger partial charge is 0.478 e. The van der Waals surface area contributed by atoms with Crippen LogP contribution in [0, 0.1) is 5.92 Å². The van der Waals surface area contributed by atoms with Crippen molar-refractivity contribution in [2.45, 2.75) is 12.8 Å². The Labute approximate surface area is 122 Å². The molecule has 2 aromatic rings. The lowest BCUT2D eigenvalue weighted by atomic mass is 9.99. The molecule has 2 heterocycles. The second-order valence-corrected chi connectivity index (χ2v) is 5.39. The van der Waals surface area contributed by atoms with Crippen molar-refractivity contribution < 1.29 is 19.1 Å². The number of nitrogens with zero attached hydrogens (tertiary/aromatic N) is 2. The Kier molecular flexibility index (Phi) is 3.79. The Morgan fingerprint density at radius 1 is 1.57 bits per heavy atom. The van der Waals surface area contributed by atoms with Gasteiger partial charge in [0.25, 0.3) is 6.01 Å². The minimum atomic E-state index is -0.965. The topological polar surface area (TPSA) is 75.8 Å². The molecule has 112 valence electrons. The first-order valence-electron chi connectivity index (χ1n) is 7.05. The fraction of sp³-hybridized carbons (Fsp3) is 0.467. The molecular weight excluding hydrogens is 272 g/mol. The molecule has 1 N–H and O–H groups in total. The van der Waals surface area contributed by atoms with Gasteiger partial charge in [0.2, 0.25) is 0 Å². The van der Waals surface area contributed by atoms with Gasteiger partial charge in [-0.15, -0.1) is 0 Å². The molecule has 1 aliphatic rings. The van der Waals surface area contributed by atoms with E-state index >= 15 is 0 Å². The van der Waals surface area contributed by atoms with Gasteiger partial charge < -0.3 is 19.2 Å². The summed E-state index contributed by atoms with van der Waals surface area (Å²) in [7, 11) is 1.71. The van der Waals surface area contributed by atoms with Crippen molar-refractivity contribution in [1.29, 1.82) is 0 Å². The number of rotatable bonds is 4. The van der Waals surface area contributed by atoms with Gasteiger partial charge in [-0.3, -0.25) is 0 Å². The van der Waals surface area contributed by atoms with Crippen molar-refractivity contribution in [3.8, 4) is 0 Å². The quantitative estimate of drug-likeness (QED) is 0.931. The zero-order valence-electron chi connectivity index (χ0n) is 11.9. The maximum atomic E-state index is 11.0. The predicted octanol–water partition coefficient (Wildman–Crippen LogP) is 2.39. The molecule has 1 aromatic carbocycles. The van der Waals surface area contributed by atoms with Crippen LogP contribution >= 0.6 is 0 Å². The smallest absolute Gasteiger partial charge is 0.335 e. The number of anilines is 1. The Hall–Kier alpha value is -2.08. The first kappa shape index (κ1) is 13.9. The van der Waals surface area contributed by atoms with Crippen LogP contribution in [0.15, 0.2) is 22.6 Å². The average Bonchev–Trinajstić information content (AvgIpc) is 2.91. The fourth-order valence-corrected chi connectivity index (χ4v) is 2.79. The number of carboxylic acids is 1. The van der Waals surface area contributed by atoms with Gasteiger partial charge in [0.05, 0.1) is 12.2 Å². The van der Waals surface area contributed by atoms with Crippen LogP contribution in [0.1, 0.15) is 23.2 Å². The fourth-order valence-electron chi connectivity index (χ4n) is 2.79. The third-order valence-electron chi connectivity index (χ3n) is 3.82. The van der Waals surface area contributed by atoms with E-state index in [4.69, 9.17) is 14.3 Å². The molecule has 1 atom stereocenters. The number of methoxy groups -OCH3 is 1. The molecule has 0 radical (unpaired) electrons. The summed E-state index contributed by atoms with van der Waals surface area (Å²) in [5.41, 5.74) is 1.41. The van der Waals surface area contributed by atoms with Crippen molar-refractivity contribution in [2.75, 3.05) is 31.7 Å². The lowest BCUT2D eigenvalue weighted by molar-refractivity contribution is 0.0697. The van der Waals surface area contributed by atoms with Crippen molar-refractivity contribution in [3.63, 3.8) is 0 Å². The van der Waals surface area contributed by atoms with Gasteiger partial charge in [-0.25, -0.2) is 4.79 Å². The average molecular weight is 290 g/mol. The predicted molar refractivity (Wildman–Crippen MR) is 77.8 cm³/mol. The zero-order valence-corrected chi connectivity index (χ0v) is 11.9. The van der Waals surface area contributed by atoms with E-state index in [1.165, 1.54) is 6.07 Å². The molecule has 0 saturated carbocycles.